The van der Waals surface area contributed by atoms with Crippen LogP contribution in [0.25, 0.3) is 0 Å². The first-order valence-corrected chi connectivity index (χ1v) is 4.29. The van der Waals surface area contributed by atoms with Crippen molar-refractivity contribution in [1.29, 1.82) is 0 Å². The summed E-state index contributed by atoms with van der Waals surface area (Å²) in [6.45, 7) is 6.68. The minimum absolute atomic E-state index is 0.882. The maximum absolute atomic E-state index is 3.62. The minimum atomic E-state index is 0.882. The minimum Gasteiger partial charge on any atom is -0.387 e. The molecule has 1 N–H and O–H groups in total. The van der Waals surface area contributed by atoms with Crippen molar-refractivity contribution in [1.82, 2.24) is 5.32 Å². The van der Waals surface area contributed by atoms with Gasteiger partial charge < -0.3 is 5.32 Å². The van der Waals surface area contributed by atoms with Crippen molar-refractivity contribution >= 4 is 0 Å². The summed E-state index contributed by atoms with van der Waals surface area (Å²) in [7, 11) is 0. The summed E-state index contributed by atoms with van der Waals surface area (Å²) in [6.07, 6.45) is 2.82. The predicted molar refractivity (Wildman–Crippen MR) is 52.9 cm³/mol. The van der Waals surface area contributed by atoms with Gasteiger partial charge in [-0.25, -0.2) is 0 Å². The van der Waals surface area contributed by atoms with E-state index in [2.05, 4.69) is 43.1 Å². The first kappa shape index (κ1) is 8.85. The van der Waals surface area contributed by atoms with Crippen molar-refractivity contribution in [2.75, 3.05) is 0 Å². The Morgan fingerprint density at radius 2 is 2.00 bits per heavy atom. The lowest BCUT2D eigenvalue weighted by molar-refractivity contribution is 0.855. The molecule has 0 bridgehead atoms. The van der Waals surface area contributed by atoms with E-state index in [1.807, 2.05) is 0 Å². The van der Waals surface area contributed by atoms with Crippen molar-refractivity contribution in [3.8, 4) is 0 Å². The number of hydrogen-bond acceptors (Lipinski definition) is 1. The smallest absolute Gasteiger partial charge is 0.0397 e. The second-order valence-electron chi connectivity index (χ2n) is 2.71. The zero-order chi connectivity index (χ0) is 8.81. The second-order valence-corrected chi connectivity index (χ2v) is 2.71. The number of nitrogens with one attached hydrogen (secondary N) is 1. The van der Waals surface area contributed by atoms with Crippen LogP contribution >= 0.6 is 0 Å². The molecule has 1 nitrogen and oxygen atoms in total. The first-order valence-electron chi connectivity index (χ1n) is 4.29. The molecule has 0 aliphatic heterocycles. The molecule has 1 heteroatoms. The van der Waals surface area contributed by atoms with Gasteiger partial charge in [0.2, 0.25) is 0 Å². The first-order chi connectivity index (χ1) is 5.88. The average Bonchev–Trinajstić information content (AvgIpc) is 2.15. The lowest BCUT2D eigenvalue weighted by Gasteiger charge is -2.06. The summed E-state index contributed by atoms with van der Waals surface area (Å²) in [5.74, 6) is 0. The molecule has 0 atom stereocenters. The highest BCUT2D eigenvalue weighted by Gasteiger charge is 1.96. The van der Waals surface area contributed by atoms with Gasteiger partial charge in [-0.2, -0.15) is 0 Å². The van der Waals surface area contributed by atoms with Gasteiger partial charge >= 0.3 is 0 Å². The van der Waals surface area contributed by atoms with E-state index in [4.69, 9.17) is 0 Å². The summed E-state index contributed by atoms with van der Waals surface area (Å²) in [4.78, 5) is 0. The van der Waals surface area contributed by atoms with Crippen molar-refractivity contribution in [2.24, 2.45) is 0 Å². The van der Waals surface area contributed by atoms with Crippen LogP contribution < -0.4 is 5.32 Å². The zero-order valence-corrected chi connectivity index (χ0v) is 7.51. The fourth-order valence-corrected chi connectivity index (χ4v) is 1.26. The van der Waals surface area contributed by atoms with Gasteiger partial charge in [0.05, 0.1) is 0 Å². The Labute approximate surface area is 74.1 Å². The van der Waals surface area contributed by atoms with Gasteiger partial charge in [-0.3, -0.25) is 0 Å². The second kappa shape index (κ2) is 4.60. The molecular formula is C11H15N. The molecule has 1 rings (SSSR count). The third-order valence-electron chi connectivity index (χ3n) is 1.94. The van der Waals surface area contributed by atoms with Gasteiger partial charge in [0.15, 0.2) is 0 Å². The van der Waals surface area contributed by atoms with E-state index in [1.54, 1.807) is 6.20 Å². The van der Waals surface area contributed by atoms with Gasteiger partial charge in [-0.15, -0.1) is 0 Å². The van der Waals surface area contributed by atoms with E-state index in [1.165, 1.54) is 11.1 Å². The van der Waals surface area contributed by atoms with Crippen molar-refractivity contribution < 1.29 is 0 Å². The summed E-state index contributed by atoms with van der Waals surface area (Å²) < 4.78 is 0. The Bertz CT molecular complexity index is 253. The lowest BCUT2D eigenvalue weighted by atomic mass is 10.1. The molecule has 0 aliphatic carbocycles. The highest BCUT2D eigenvalue weighted by atomic mass is 14.8. The molecule has 0 radical (unpaired) electrons. The Balaban J connectivity index is 2.74. The van der Waals surface area contributed by atoms with Gasteiger partial charge in [-0.1, -0.05) is 37.8 Å². The molecule has 12 heavy (non-hydrogen) atoms. The van der Waals surface area contributed by atoms with Crippen LogP contribution in [-0.2, 0) is 13.0 Å². The van der Waals surface area contributed by atoms with Crippen LogP contribution in [0.4, 0.5) is 0 Å². The van der Waals surface area contributed by atoms with E-state index in [0.29, 0.717) is 0 Å². The summed E-state index contributed by atoms with van der Waals surface area (Å²) in [6, 6.07) is 8.46. The highest BCUT2D eigenvalue weighted by molar-refractivity contribution is 5.26. The number of rotatable bonds is 4. The molecule has 1 aromatic carbocycles. The summed E-state index contributed by atoms with van der Waals surface area (Å²) in [5.41, 5.74) is 2.77. The predicted octanol–water partition coefficient (Wildman–Crippen LogP) is 2.48. The van der Waals surface area contributed by atoms with E-state index in [9.17, 15) is 0 Å². The fraction of sp³-hybridized carbons (Fsp3) is 0.273. The third-order valence-corrected chi connectivity index (χ3v) is 1.94. The van der Waals surface area contributed by atoms with Gasteiger partial charge in [-0.05, 0) is 23.7 Å². The highest BCUT2D eigenvalue weighted by Crippen LogP contribution is 2.08. The molecule has 0 heterocycles. The maximum Gasteiger partial charge on any atom is 0.0397 e. The third kappa shape index (κ3) is 2.12. The van der Waals surface area contributed by atoms with E-state index in [0.717, 1.165) is 13.0 Å². The van der Waals surface area contributed by atoms with Crippen LogP contribution in [0, 0.1) is 0 Å². The number of aryl methyl sites for hydroxylation is 1. The number of hydrogen-bond donors (Lipinski definition) is 1. The van der Waals surface area contributed by atoms with E-state index >= 15 is 0 Å². The summed E-state index contributed by atoms with van der Waals surface area (Å²) in [5, 5.41) is 3.10. The SMILES string of the molecule is C=CNCc1ccccc1CC. The Morgan fingerprint density at radius 1 is 1.33 bits per heavy atom. The molecule has 0 saturated carbocycles. The Morgan fingerprint density at radius 3 is 2.58 bits per heavy atom. The molecule has 1 aromatic rings. The molecule has 0 saturated heterocycles. The van der Waals surface area contributed by atoms with Crippen LogP contribution in [0.5, 0.6) is 0 Å². The van der Waals surface area contributed by atoms with Gasteiger partial charge in [0.25, 0.3) is 0 Å². The van der Waals surface area contributed by atoms with E-state index in [-0.39, 0.29) is 0 Å². The molecule has 64 valence electrons. The quantitative estimate of drug-likeness (QED) is 0.715. The van der Waals surface area contributed by atoms with Crippen molar-refractivity contribution in [3.05, 3.63) is 48.2 Å². The largest absolute Gasteiger partial charge is 0.387 e. The van der Waals surface area contributed by atoms with Crippen LogP contribution in [-0.4, -0.2) is 0 Å². The van der Waals surface area contributed by atoms with Gasteiger partial charge in [0, 0.05) is 6.54 Å². The Kier molecular flexibility index (Phi) is 3.39. The molecule has 0 spiro atoms. The maximum atomic E-state index is 3.62. The lowest BCUT2D eigenvalue weighted by Crippen LogP contribution is -2.05. The topological polar surface area (TPSA) is 12.0 Å². The van der Waals surface area contributed by atoms with Crippen LogP contribution in [0.15, 0.2) is 37.0 Å². The van der Waals surface area contributed by atoms with Crippen molar-refractivity contribution in [2.45, 2.75) is 19.9 Å². The molecular weight excluding hydrogens is 146 g/mol. The summed E-state index contributed by atoms with van der Waals surface area (Å²) >= 11 is 0. The van der Waals surface area contributed by atoms with Crippen molar-refractivity contribution in [3.63, 3.8) is 0 Å². The average molecular weight is 161 g/mol. The number of benzene rings is 1. The van der Waals surface area contributed by atoms with Crippen LogP contribution in [0.1, 0.15) is 18.1 Å². The molecule has 0 unspecified atom stereocenters. The molecule has 0 fully saturated rings. The standard InChI is InChI=1S/C11H15N/c1-3-10-7-5-6-8-11(10)9-12-4-2/h4-8,12H,2-3,9H2,1H3. The van der Waals surface area contributed by atoms with Gasteiger partial charge in [0.1, 0.15) is 0 Å². The zero-order valence-electron chi connectivity index (χ0n) is 7.51. The molecule has 0 aliphatic rings. The molecule has 0 aromatic heterocycles. The van der Waals surface area contributed by atoms with E-state index < -0.39 is 0 Å². The monoisotopic (exact) mass is 161 g/mol. The van der Waals surface area contributed by atoms with Crippen LogP contribution in [0.3, 0.4) is 0 Å². The normalized spacial score (nSPS) is 9.42. The Hall–Kier alpha value is -1.24. The molecule has 0 amide bonds. The fourth-order valence-electron chi connectivity index (χ4n) is 1.26. The van der Waals surface area contributed by atoms with Crippen LogP contribution in [0.2, 0.25) is 0 Å².